The van der Waals surface area contributed by atoms with Crippen LogP contribution in [0.4, 0.5) is 5.82 Å². The number of hydrogen-bond acceptors (Lipinski definition) is 8. The molecule has 7 rings (SSSR count). The predicted molar refractivity (Wildman–Crippen MR) is 163 cm³/mol. The summed E-state index contributed by atoms with van der Waals surface area (Å²) in [6.07, 6.45) is 7.59. The first-order chi connectivity index (χ1) is 21.2. The Morgan fingerprint density at radius 2 is 1.67 bits per heavy atom. The number of ether oxygens (including phenoxy) is 1. The van der Waals surface area contributed by atoms with Crippen molar-refractivity contribution in [3.8, 4) is 11.8 Å². The number of imidazole rings is 1. The fourth-order valence-electron chi connectivity index (χ4n) is 5.59. The summed E-state index contributed by atoms with van der Waals surface area (Å²) < 4.78 is 9.97. The first-order valence-corrected chi connectivity index (χ1v) is 14.6. The topological polar surface area (TPSA) is 116 Å². The minimum absolute atomic E-state index is 0.0768. The molecule has 43 heavy (non-hydrogen) atoms. The Bertz CT molecular complexity index is 1830. The molecule has 1 aliphatic rings. The Balaban J connectivity index is 1.19. The van der Waals surface area contributed by atoms with Crippen molar-refractivity contribution in [1.29, 1.82) is 0 Å². The van der Waals surface area contributed by atoms with Gasteiger partial charge in [0.25, 0.3) is 0 Å². The number of nitrogens with one attached hydrogen (secondary N) is 1. The lowest BCUT2D eigenvalue weighted by molar-refractivity contribution is 0.273. The van der Waals surface area contributed by atoms with Crippen LogP contribution in [-0.2, 0) is 32.4 Å². The van der Waals surface area contributed by atoms with Gasteiger partial charge in [-0.2, -0.15) is 9.97 Å². The van der Waals surface area contributed by atoms with Crippen molar-refractivity contribution >= 4 is 17.0 Å². The van der Waals surface area contributed by atoms with E-state index in [2.05, 4.69) is 44.9 Å². The van der Waals surface area contributed by atoms with Crippen LogP contribution in [0, 0.1) is 0 Å². The molecule has 216 valence electrons. The molecule has 0 bridgehead atoms. The second kappa shape index (κ2) is 12.0. The van der Waals surface area contributed by atoms with Gasteiger partial charge in [-0.3, -0.25) is 0 Å². The molecule has 10 nitrogen and oxygen atoms in total. The van der Waals surface area contributed by atoms with E-state index in [4.69, 9.17) is 14.7 Å². The van der Waals surface area contributed by atoms with Gasteiger partial charge >= 0.3 is 6.01 Å². The van der Waals surface area contributed by atoms with Crippen LogP contribution in [0.1, 0.15) is 34.4 Å². The minimum Gasteiger partial charge on any atom is -0.424 e. The molecule has 6 aromatic rings. The average molecular weight is 573 g/mol. The Morgan fingerprint density at radius 3 is 2.49 bits per heavy atom. The van der Waals surface area contributed by atoms with Gasteiger partial charge in [-0.05, 0) is 60.1 Å². The lowest BCUT2D eigenvalue weighted by Gasteiger charge is -2.18. The summed E-state index contributed by atoms with van der Waals surface area (Å²) in [5, 5.41) is 22.4. The van der Waals surface area contributed by atoms with Gasteiger partial charge in [0.05, 0.1) is 38.3 Å². The third-order valence-corrected chi connectivity index (χ3v) is 7.71. The first kappa shape index (κ1) is 26.8. The maximum atomic E-state index is 10.2. The van der Waals surface area contributed by atoms with E-state index >= 15 is 0 Å². The zero-order valence-electron chi connectivity index (χ0n) is 23.7. The molecule has 0 amide bonds. The molecule has 0 fully saturated rings. The number of aliphatic hydroxyl groups is 1. The summed E-state index contributed by atoms with van der Waals surface area (Å²) in [6, 6.07) is 26.3. The van der Waals surface area contributed by atoms with Crippen LogP contribution in [0.3, 0.4) is 0 Å². The van der Waals surface area contributed by atoms with E-state index in [1.54, 1.807) is 6.33 Å². The van der Waals surface area contributed by atoms with E-state index in [0.717, 1.165) is 36.1 Å². The van der Waals surface area contributed by atoms with E-state index < -0.39 is 0 Å². The maximum Gasteiger partial charge on any atom is 0.326 e. The van der Waals surface area contributed by atoms with Gasteiger partial charge in [-0.1, -0.05) is 71.9 Å². The van der Waals surface area contributed by atoms with Gasteiger partial charge in [-0.15, -0.1) is 5.10 Å². The number of rotatable bonds is 11. The number of anilines is 1. The molecule has 1 atom stereocenters. The van der Waals surface area contributed by atoms with Crippen molar-refractivity contribution in [3.63, 3.8) is 0 Å². The molecule has 0 saturated heterocycles. The quantitative estimate of drug-likeness (QED) is 0.227. The normalized spacial score (nSPS) is 13.2. The number of hydrogen-bond donors (Lipinski definition) is 2. The lowest BCUT2D eigenvalue weighted by Crippen LogP contribution is -2.27. The number of benzene rings is 3. The number of nitrogens with zero attached hydrogens (tertiary/aromatic N) is 7. The molecule has 0 radical (unpaired) electrons. The summed E-state index contributed by atoms with van der Waals surface area (Å²) in [7, 11) is 0. The molecule has 3 aromatic carbocycles. The third kappa shape index (κ3) is 6.09. The van der Waals surface area contributed by atoms with Gasteiger partial charge in [0.15, 0.2) is 17.0 Å². The van der Waals surface area contributed by atoms with Crippen molar-refractivity contribution in [2.24, 2.45) is 0 Å². The second-order valence-electron chi connectivity index (χ2n) is 10.9. The molecule has 0 aliphatic heterocycles. The second-order valence-corrected chi connectivity index (χ2v) is 10.9. The standard InChI is InChI=1S/C33H32N8O2/c42-21-27(16-23-8-3-1-4-9-23)35-31-30-32(37-33(36-31)43-29-15-14-25-12-7-13-26(25)17-29)40(22-34-30)19-28-20-41(39-38-28)18-24-10-5-2-6-11-24/h1-6,8-11,14-15,17,20,22,27,42H,7,12-13,16,18-19,21H2,(H,35,36,37)/t27-/m0/s1. The van der Waals surface area contributed by atoms with Crippen LogP contribution >= 0.6 is 0 Å². The monoisotopic (exact) mass is 572 g/mol. The van der Waals surface area contributed by atoms with Crippen LogP contribution in [0.2, 0.25) is 0 Å². The van der Waals surface area contributed by atoms with Crippen molar-refractivity contribution < 1.29 is 9.84 Å². The Morgan fingerprint density at radius 1 is 0.884 bits per heavy atom. The highest BCUT2D eigenvalue weighted by molar-refractivity contribution is 5.83. The van der Waals surface area contributed by atoms with Crippen molar-refractivity contribution in [2.45, 2.75) is 44.8 Å². The Hall–Kier alpha value is -5.09. The molecule has 0 unspecified atom stereocenters. The van der Waals surface area contributed by atoms with Crippen LogP contribution in [0.25, 0.3) is 11.2 Å². The van der Waals surface area contributed by atoms with E-state index in [1.165, 1.54) is 11.1 Å². The van der Waals surface area contributed by atoms with E-state index in [9.17, 15) is 5.11 Å². The van der Waals surface area contributed by atoms with Gasteiger partial charge < -0.3 is 19.7 Å². The van der Waals surface area contributed by atoms with Crippen LogP contribution in [-0.4, -0.2) is 52.3 Å². The Kier molecular flexibility index (Phi) is 7.49. The molecular formula is C33H32N8O2. The van der Waals surface area contributed by atoms with Gasteiger partial charge in [0.1, 0.15) is 11.4 Å². The summed E-state index contributed by atoms with van der Waals surface area (Å²) >= 11 is 0. The number of aromatic nitrogens is 7. The SMILES string of the molecule is OC[C@H](Cc1ccccc1)Nc1nc(Oc2ccc3c(c2)CCC3)nc2c1ncn2Cc1cn(Cc2ccccc2)nn1. The van der Waals surface area contributed by atoms with Crippen LogP contribution in [0.5, 0.6) is 11.8 Å². The van der Waals surface area contributed by atoms with Crippen LogP contribution < -0.4 is 10.1 Å². The third-order valence-electron chi connectivity index (χ3n) is 7.71. The van der Waals surface area contributed by atoms with Crippen molar-refractivity contribution in [2.75, 3.05) is 11.9 Å². The lowest BCUT2D eigenvalue weighted by atomic mass is 10.1. The summed E-state index contributed by atoms with van der Waals surface area (Å²) in [6.45, 7) is 0.984. The molecule has 0 saturated carbocycles. The Labute approximate surface area is 249 Å². The maximum absolute atomic E-state index is 10.2. The fourth-order valence-corrected chi connectivity index (χ4v) is 5.59. The zero-order valence-corrected chi connectivity index (χ0v) is 23.7. The van der Waals surface area contributed by atoms with Gasteiger partial charge in [0, 0.05) is 0 Å². The molecule has 3 aromatic heterocycles. The predicted octanol–water partition coefficient (Wildman–Crippen LogP) is 4.81. The van der Waals surface area contributed by atoms with Crippen molar-refractivity contribution in [1.82, 2.24) is 34.5 Å². The molecular weight excluding hydrogens is 540 g/mol. The molecule has 2 N–H and O–H groups in total. The molecule has 0 spiro atoms. The van der Waals surface area contributed by atoms with Gasteiger partial charge in [-0.25, -0.2) is 9.67 Å². The van der Waals surface area contributed by atoms with E-state index in [1.807, 2.05) is 70.0 Å². The van der Waals surface area contributed by atoms with Gasteiger partial charge in [0.2, 0.25) is 0 Å². The van der Waals surface area contributed by atoms with E-state index in [0.29, 0.717) is 42.2 Å². The average Bonchev–Trinajstić information content (AvgIpc) is 3.79. The number of aliphatic hydroxyl groups excluding tert-OH is 1. The highest BCUT2D eigenvalue weighted by Crippen LogP contribution is 2.30. The first-order valence-electron chi connectivity index (χ1n) is 14.6. The summed E-state index contributed by atoms with van der Waals surface area (Å²) in [4.78, 5) is 14.2. The highest BCUT2D eigenvalue weighted by Gasteiger charge is 2.20. The summed E-state index contributed by atoms with van der Waals surface area (Å²) in [5.74, 6) is 1.20. The highest BCUT2D eigenvalue weighted by atomic mass is 16.5. The zero-order chi connectivity index (χ0) is 29.0. The number of aryl methyl sites for hydroxylation is 2. The largest absolute Gasteiger partial charge is 0.424 e. The molecule has 10 heteroatoms. The van der Waals surface area contributed by atoms with E-state index in [-0.39, 0.29) is 18.7 Å². The number of fused-ring (bicyclic) bond motifs is 2. The smallest absolute Gasteiger partial charge is 0.326 e. The summed E-state index contributed by atoms with van der Waals surface area (Å²) in [5.41, 5.74) is 6.91. The van der Waals surface area contributed by atoms with Crippen LogP contribution in [0.15, 0.2) is 91.4 Å². The fraction of sp³-hybridized carbons (Fsp3) is 0.242. The minimum atomic E-state index is -0.281. The molecule has 3 heterocycles. The molecule has 1 aliphatic carbocycles. The van der Waals surface area contributed by atoms with Crippen molar-refractivity contribution in [3.05, 3.63) is 119 Å².